The third-order valence-corrected chi connectivity index (χ3v) is 2.88. The van der Waals surface area contributed by atoms with Crippen molar-refractivity contribution in [3.63, 3.8) is 0 Å². The summed E-state index contributed by atoms with van der Waals surface area (Å²) in [5.74, 6) is -0.918. The van der Waals surface area contributed by atoms with Crippen molar-refractivity contribution in [3.8, 4) is 0 Å². The van der Waals surface area contributed by atoms with Gasteiger partial charge in [0, 0.05) is 5.69 Å². The van der Waals surface area contributed by atoms with Gasteiger partial charge in [0.05, 0.1) is 25.2 Å². The van der Waals surface area contributed by atoms with Crippen molar-refractivity contribution in [2.75, 3.05) is 20.0 Å². The summed E-state index contributed by atoms with van der Waals surface area (Å²) >= 11 is 0. The standard InChI is InChI=1S/C13H17NO4/c1-13(2,12(16)18-4)8-5-6-10(14)9(7-8)11(15)17-3/h5-7H,14H2,1-4H3. The molecule has 0 aliphatic heterocycles. The Morgan fingerprint density at radius 2 is 1.78 bits per heavy atom. The number of hydrogen-bond acceptors (Lipinski definition) is 5. The van der Waals surface area contributed by atoms with E-state index in [2.05, 4.69) is 4.74 Å². The largest absolute Gasteiger partial charge is 0.468 e. The van der Waals surface area contributed by atoms with Crippen molar-refractivity contribution < 1.29 is 19.1 Å². The lowest BCUT2D eigenvalue weighted by Gasteiger charge is -2.22. The molecule has 0 aliphatic carbocycles. The van der Waals surface area contributed by atoms with Crippen molar-refractivity contribution >= 4 is 17.6 Å². The van der Waals surface area contributed by atoms with E-state index in [0.29, 0.717) is 11.3 Å². The van der Waals surface area contributed by atoms with Gasteiger partial charge in [-0.25, -0.2) is 4.79 Å². The fraction of sp³-hybridized carbons (Fsp3) is 0.385. The fourth-order valence-electron chi connectivity index (χ4n) is 1.60. The van der Waals surface area contributed by atoms with Crippen molar-refractivity contribution in [2.45, 2.75) is 19.3 Å². The Bertz CT molecular complexity index is 480. The van der Waals surface area contributed by atoms with Gasteiger partial charge in [-0.1, -0.05) is 6.07 Å². The molecule has 0 spiro atoms. The van der Waals surface area contributed by atoms with Crippen LogP contribution in [0.2, 0.25) is 0 Å². The molecule has 18 heavy (non-hydrogen) atoms. The number of nitrogens with two attached hydrogens (primary N) is 1. The lowest BCUT2D eigenvalue weighted by Crippen LogP contribution is -2.30. The molecule has 0 bridgehead atoms. The topological polar surface area (TPSA) is 78.6 Å². The molecule has 0 unspecified atom stereocenters. The summed E-state index contributed by atoms with van der Waals surface area (Å²) in [6.45, 7) is 3.43. The van der Waals surface area contributed by atoms with Gasteiger partial charge in [-0.05, 0) is 31.5 Å². The molecule has 5 heteroatoms. The maximum absolute atomic E-state index is 11.7. The molecule has 98 valence electrons. The second kappa shape index (κ2) is 5.08. The maximum atomic E-state index is 11.7. The van der Waals surface area contributed by atoms with Gasteiger partial charge in [0.15, 0.2) is 0 Å². The molecule has 0 saturated heterocycles. The number of hydrogen-bond donors (Lipinski definition) is 1. The molecule has 0 atom stereocenters. The van der Waals surface area contributed by atoms with E-state index in [1.807, 2.05) is 0 Å². The van der Waals surface area contributed by atoms with Gasteiger partial charge in [0.2, 0.25) is 0 Å². The number of nitrogen functional groups attached to an aromatic ring is 1. The van der Waals surface area contributed by atoms with Gasteiger partial charge in [-0.3, -0.25) is 4.79 Å². The number of carbonyl (C=O) groups excluding carboxylic acids is 2. The van der Waals surface area contributed by atoms with Crippen LogP contribution in [0.25, 0.3) is 0 Å². The summed E-state index contributed by atoms with van der Waals surface area (Å²) in [5, 5.41) is 0. The minimum atomic E-state index is -0.856. The van der Waals surface area contributed by atoms with Gasteiger partial charge < -0.3 is 15.2 Å². The van der Waals surface area contributed by atoms with Crippen LogP contribution in [0.15, 0.2) is 18.2 Å². The molecular weight excluding hydrogens is 234 g/mol. The number of methoxy groups -OCH3 is 2. The minimum absolute atomic E-state index is 0.243. The Labute approximate surface area is 106 Å². The molecule has 5 nitrogen and oxygen atoms in total. The van der Waals surface area contributed by atoms with Crippen molar-refractivity contribution in [1.82, 2.24) is 0 Å². The van der Waals surface area contributed by atoms with E-state index in [1.54, 1.807) is 32.0 Å². The van der Waals surface area contributed by atoms with Crippen molar-refractivity contribution in [3.05, 3.63) is 29.3 Å². The zero-order valence-electron chi connectivity index (χ0n) is 10.9. The minimum Gasteiger partial charge on any atom is -0.468 e. The summed E-state index contributed by atoms with van der Waals surface area (Å²) < 4.78 is 9.38. The molecule has 2 N–H and O–H groups in total. The first-order valence-corrected chi connectivity index (χ1v) is 5.41. The summed E-state index contributed by atoms with van der Waals surface area (Å²) in [6.07, 6.45) is 0. The lowest BCUT2D eigenvalue weighted by atomic mass is 9.83. The zero-order valence-corrected chi connectivity index (χ0v) is 10.9. The number of esters is 2. The molecule has 1 aromatic carbocycles. The molecular formula is C13H17NO4. The van der Waals surface area contributed by atoms with Gasteiger partial charge in [0.25, 0.3) is 0 Å². The molecule has 0 saturated carbocycles. The molecule has 1 rings (SSSR count). The number of rotatable bonds is 3. The highest BCUT2D eigenvalue weighted by atomic mass is 16.5. The van der Waals surface area contributed by atoms with Crippen LogP contribution < -0.4 is 5.73 Å². The number of anilines is 1. The summed E-state index contributed by atoms with van der Waals surface area (Å²) in [6, 6.07) is 4.82. The van der Waals surface area contributed by atoms with Crippen molar-refractivity contribution in [1.29, 1.82) is 0 Å². The second-order valence-electron chi connectivity index (χ2n) is 4.41. The molecule has 0 amide bonds. The van der Waals surface area contributed by atoms with Gasteiger partial charge in [-0.15, -0.1) is 0 Å². The van der Waals surface area contributed by atoms with Crippen LogP contribution in [0.5, 0.6) is 0 Å². The quantitative estimate of drug-likeness (QED) is 0.650. The Balaban J connectivity index is 3.28. The number of ether oxygens (including phenoxy) is 2. The van der Waals surface area contributed by atoms with Crippen LogP contribution in [0, 0.1) is 0 Å². The predicted molar refractivity (Wildman–Crippen MR) is 67.2 cm³/mol. The molecule has 0 aromatic heterocycles. The highest BCUT2D eigenvalue weighted by Crippen LogP contribution is 2.27. The van der Waals surface area contributed by atoms with E-state index in [-0.39, 0.29) is 11.5 Å². The highest BCUT2D eigenvalue weighted by Gasteiger charge is 2.31. The first-order valence-electron chi connectivity index (χ1n) is 5.41. The molecule has 0 radical (unpaired) electrons. The third kappa shape index (κ3) is 2.45. The van der Waals surface area contributed by atoms with Crippen LogP contribution in [0.1, 0.15) is 29.8 Å². The van der Waals surface area contributed by atoms with Crippen LogP contribution >= 0.6 is 0 Å². The van der Waals surface area contributed by atoms with Gasteiger partial charge in [0.1, 0.15) is 0 Å². The highest BCUT2D eigenvalue weighted by molar-refractivity contribution is 5.96. The fourth-order valence-corrected chi connectivity index (χ4v) is 1.60. The first kappa shape index (κ1) is 14.0. The Morgan fingerprint density at radius 1 is 1.17 bits per heavy atom. The van der Waals surface area contributed by atoms with E-state index in [0.717, 1.165) is 0 Å². The smallest absolute Gasteiger partial charge is 0.339 e. The zero-order chi connectivity index (χ0) is 13.9. The first-order chi connectivity index (χ1) is 8.34. The monoisotopic (exact) mass is 251 g/mol. The average Bonchev–Trinajstić information content (AvgIpc) is 2.36. The Kier molecular flexibility index (Phi) is 3.96. The van der Waals surface area contributed by atoms with E-state index in [4.69, 9.17) is 10.5 Å². The van der Waals surface area contributed by atoms with E-state index in [1.165, 1.54) is 14.2 Å². The SMILES string of the molecule is COC(=O)c1cc(C(C)(C)C(=O)OC)ccc1N. The van der Waals surface area contributed by atoms with Crippen molar-refractivity contribution in [2.24, 2.45) is 0 Å². The summed E-state index contributed by atoms with van der Waals surface area (Å²) in [5.41, 5.74) is 6.04. The van der Waals surface area contributed by atoms with Gasteiger partial charge in [-0.2, -0.15) is 0 Å². The predicted octanol–water partition coefficient (Wildman–Crippen LogP) is 1.51. The Morgan fingerprint density at radius 3 is 2.28 bits per heavy atom. The molecule has 1 aromatic rings. The van der Waals surface area contributed by atoms with Crippen LogP contribution in [0.4, 0.5) is 5.69 Å². The third-order valence-electron chi connectivity index (χ3n) is 2.88. The summed E-state index contributed by atoms with van der Waals surface area (Å²) in [4.78, 5) is 23.2. The van der Waals surface area contributed by atoms with E-state index < -0.39 is 11.4 Å². The van der Waals surface area contributed by atoms with Crippen LogP contribution in [0.3, 0.4) is 0 Å². The van der Waals surface area contributed by atoms with Gasteiger partial charge >= 0.3 is 11.9 Å². The number of carbonyl (C=O) groups is 2. The molecule has 0 heterocycles. The molecule has 0 aliphatic rings. The second-order valence-corrected chi connectivity index (χ2v) is 4.41. The van der Waals surface area contributed by atoms with E-state index >= 15 is 0 Å². The lowest BCUT2D eigenvalue weighted by molar-refractivity contribution is -0.146. The Hall–Kier alpha value is -2.04. The van der Waals surface area contributed by atoms with E-state index in [9.17, 15) is 9.59 Å². The normalized spacial score (nSPS) is 10.9. The summed E-state index contributed by atoms with van der Waals surface area (Å²) in [7, 11) is 2.60. The van der Waals surface area contributed by atoms with Crippen LogP contribution in [-0.4, -0.2) is 26.2 Å². The van der Waals surface area contributed by atoms with Crippen LogP contribution in [-0.2, 0) is 19.7 Å². The molecule has 0 fully saturated rings. The number of benzene rings is 1. The maximum Gasteiger partial charge on any atom is 0.339 e. The average molecular weight is 251 g/mol.